The van der Waals surface area contributed by atoms with E-state index in [1.54, 1.807) is 12.1 Å². The molecule has 9 heteroatoms. The van der Waals surface area contributed by atoms with Gasteiger partial charge in [-0.15, -0.1) is 0 Å². The molecule has 4 aromatic rings. The number of nitrogens with zero attached hydrogens (tertiary/aromatic N) is 7. The molecule has 0 atom stereocenters. The molecule has 0 bridgehead atoms. The van der Waals surface area contributed by atoms with Crippen molar-refractivity contribution in [2.75, 3.05) is 36.4 Å². The van der Waals surface area contributed by atoms with Gasteiger partial charge in [-0.05, 0) is 71.0 Å². The smallest absolute Gasteiger partial charge is 0.133 e. The van der Waals surface area contributed by atoms with E-state index in [-0.39, 0.29) is 11.0 Å². The van der Waals surface area contributed by atoms with Crippen molar-refractivity contribution in [3.8, 4) is 6.07 Å². The van der Waals surface area contributed by atoms with E-state index in [0.717, 1.165) is 80.4 Å². The number of benzene rings is 2. The second-order valence-corrected chi connectivity index (χ2v) is 13.5. The Balaban J connectivity index is 1.14. The predicted octanol–water partition coefficient (Wildman–Crippen LogP) is 7.65. The molecule has 1 fully saturated rings. The Morgan fingerprint density at radius 3 is 2.51 bits per heavy atom. The van der Waals surface area contributed by atoms with Crippen molar-refractivity contribution in [2.24, 2.45) is 10.4 Å². The molecule has 240 valence electrons. The van der Waals surface area contributed by atoms with E-state index >= 15 is 0 Å². The van der Waals surface area contributed by atoms with Gasteiger partial charge in [0.25, 0.3) is 0 Å². The second kappa shape index (κ2) is 13.3. The van der Waals surface area contributed by atoms with Gasteiger partial charge in [-0.3, -0.25) is 9.89 Å². The summed E-state index contributed by atoms with van der Waals surface area (Å²) < 4.78 is 16.9. The van der Waals surface area contributed by atoms with E-state index in [1.807, 2.05) is 36.7 Å². The molecule has 6 rings (SSSR count). The predicted molar refractivity (Wildman–Crippen MR) is 190 cm³/mol. The molecule has 47 heavy (non-hydrogen) atoms. The highest BCUT2D eigenvalue weighted by Gasteiger charge is 2.22. The number of piperazine rings is 1. The van der Waals surface area contributed by atoms with E-state index in [2.05, 4.69) is 76.8 Å². The third-order valence-electron chi connectivity index (χ3n) is 8.55. The molecule has 2 aromatic carbocycles. The van der Waals surface area contributed by atoms with Gasteiger partial charge < -0.3 is 14.8 Å². The number of fused-ring (bicyclic) bond motifs is 1. The molecule has 0 spiro atoms. The quantitative estimate of drug-likeness (QED) is 0.194. The number of nitriles is 1. The normalized spacial score (nSPS) is 15.1. The molecule has 0 radical (unpaired) electrons. The van der Waals surface area contributed by atoms with Crippen LogP contribution in [0.1, 0.15) is 56.1 Å². The first-order valence-corrected chi connectivity index (χ1v) is 16.0. The standard InChI is InChI=1S/C38H41FN8/c1-26(21-38(3,4)5)30-10-12-33-34(20-30)47(24-29-13-14-41-23-29)37(43-33)25-45-15-17-46(18-16-45)36-8-6-7-35(44-36)42-27(2)31-11-9-28(22-40)19-32(31)39/h6-12,14,19-20,23H,1-2,13,15-18,21,24-25H2,3-5H3,(H,42,44). The van der Waals surface area contributed by atoms with Crippen LogP contribution in [0.4, 0.5) is 16.0 Å². The number of nitrogens with one attached hydrogen (secondary N) is 1. The Morgan fingerprint density at radius 1 is 1.00 bits per heavy atom. The number of imidazole rings is 1. The highest BCUT2D eigenvalue weighted by atomic mass is 19.1. The van der Waals surface area contributed by atoms with Crippen molar-refractivity contribution in [1.29, 1.82) is 5.26 Å². The molecule has 2 aromatic heterocycles. The maximum absolute atomic E-state index is 14.5. The van der Waals surface area contributed by atoms with E-state index < -0.39 is 5.82 Å². The lowest BCUT2D eigenvalue weighted by molar-refractivity contribution is 0.241. The Kier molecular flexibility index (Phi) is 9.06. The van der Waals surface area contributed by atoms with Gasteiger partial charge >= 0.3 is 0 Å². The van der Waals surface area contributed by atoms with Crippen LogP contribution < -0.4 is 10.2 Å². The van der Waals surface area contributed by atoms with Crippen LogP contribution in [0.2, 0.25) is 0 Å². The molecule has 0 saturated carbocycles. The average Bonchev–Trinajstić information content (AvgIpc) is 3.68. The number of anilines is 2. The van der Waals surface area contributed by atoms with Gasteiger partial charge in [0.2, 0.25) is 0 Å². The minimum atomic E-state index is -0.498. The first-order valence-electron chi connectivity index (χ1n) is 16.0. The van der Waals surface area contributed by atoms with Crippen LogP contribution in [0, 0.1) is 22.6 Å². The summed E-state index contributed by atoms with van der Waals surface area (Å²) in [5.41, 5.74) is 6.85. The van der Waals surface area contributed by atoms with Crippen molar-refractivity contribution < 1.29 is 4.39 Å². The molecule has 1 saturated heterocycles. The van der Waals surface area contributed by atoms with Gasteiger partial charge in [0, 0.05) is 62.8 Å². The summed E-state index contributed by atoms with van der Waals surface area (Å²) in [5, 5.41) is 12.2. The zero-order chi connectivity index (χ0) is 33.1. The van der Waals surface area contributed by atoms with Gasteiger partial charge in [-0.2, -0.15) is 5.26 Å². The third-order valence-corrected chi connectivity index (χ3v) is 8.55. The first-order chi connectivity index (χ1) is 22.6. The topological polar surface area (TPSA) is 85.4 Å². The number of hydrogen-bond acceptors (Lipinski definition) is 7. The maximum Gasteiger partial charge on any atom is 0.133 e. The molecule has 2 aliphatic heterocycles. The van der Waals surface area contributed by atoms with Crippen molar-refractivity contribution in [1.82, 2.24) is 19.4 Å². The molecule has 0 amide bonds. The van der Waals surface area contributed by atoms with Crippen molar-refractivity contribution in [3.05, 3.63) is 108 Å². The highest BCUT2D eigenvalue weighted by molar-refractivity contribution is 5.82. The zero-order valence-corrected chi connectivity index (χ0v) is 27.4. The summed E-state index contributed by atoms with van der Waals surface area (Å²) in [7, 11) is 0. The molecule has 8 nitrogen and oxygen atoms in total. The molecular weight excluding hydrogens is 587 g/mol. The van der Waals surface area contributed by atoms with Gasteiger partial charge in [0.1, 0.15) is 23.3 Å². The molecule has 2 aliphatic rings. The van der Waals surface area contributed by atoms with Crippen LogP contribution in [0.15, 0.2) is 84.5 Å². The fourth-order valence-electron chi connectivity index (χ4n) is 6.18. The van der Waals surface area contributed by atoms with Gasteiger partial charge in [0.05, 0.1) is 29.2 Å². The Morgan fingerprint density at radius 2 is 1.81 bits per heavy atom. The molecular formula is C38H41FN8. The minimum absolute atomic E-state index is 0.166. The maximum atomic E-state index is 14.5. The molecule has 0 unspecified atom stereocenters. The second-order valence-electron chi connectivity index (χ2n) is 13.5. The monoisotopic (exact) mass is 628 g/mol. The van der Waals surface area contributed by atoms with Crippen LogP contribution in [-0.2, 0) is 13.1 Å². The summed E-state index contributed by atoms with van der Waals surface area (Å²) in [5.74, 6) is 1.99. The first kappa shape index (κ1) is 31.9. The fraction of sp³-hybridized carbons (Fsp3) is 0.316. The number of pyridine rings is 1. The van der Waals surface area contributed by atoms with E-state index in [1.165, 1.54) is 17.2 Å². The van der Waals surface area contributed by atoms with Gasteiger partial charge in [-0.1, -0.05) is 46.1 Å². The number of aromatic nitrogens is 3. The average molecular weight is 629 g/mol. The Bertz CT molecular complexity index is 1930. The fourth-order valence-corrected chi connectivity index (χ4v) is 6.18. The lowest BCUT2D eigenvalue weighted by atomic mass is 9.86. The SMILES string of the molecule is C=C(CC(C)(C)C)c1ccc2nc(CN3CCN(c4cccc(NC(=C)c5ccc(C#N)cc5F)n4)CC3)n(CC3=CN=CC3)c2c1. The summed E-state index contributed by atoms with van der Waals surface area (Å²) >= 11 is 0. The van der Waals surface area contributed by atoms with Crippen LogP contribution in [0.25, 0.3) is 22.3 Å². The van der Waals surface area contributed by atoms with Crippen LogP contribution in [0.5, 0.6) is 0 Å². The summed E-state index contributed by atoms with van der Waals surface area (Å²) in [4.78, 5) is 19.0. The number of allylic oxidation sites excluding steroid dienone is 2. The summed E-state index contributed by atoms with van der Waals surface area (Å²) in [6.45, 7) is 20.0. The Labute approximate surface area is 276 Å². The Hall–Kier alpha value is -5.07. The van der Waals surface area contributed by atoms with Crippen LogP contribution in [-0.4, -0.2) is 51.8 Å². The number of halogens is 1. The summed E-state index contributed by atoms with van der Waals surface area (Å²) in [6, 6.07) is 18.6. The number of rotatable bonds is 10. The largest absolute Gasteiger partial charge is 0.354 e. The van der Waals surface area contributed by atoms with E-state index in [0.29, 0.717) is 17.1 Å². The molecule has 4 heterocycles. The highest BCUT2D eigenvalue weighted by Crippen LogP contribution is 2.32. The van der Waals surface area contributed by atoms with Crippen molar-refractivity contribution >= 4 is 40.2 Å². The third kappa shape index (κ3) is 7.50. The summed E-state index contributed by atoms with van der Waals surface area (Å²) in [6.07, 6.45) is 5.73. The van der Waals surface area contributed by atoms with Gasteiger partial charge in [0.15, 0.2) is 0 Å². The van der Waals surface area contributed by atoms with Crippen LogP contribution in [0.3, 0.4) is 0 Å². The molecule has 0 aliphatic carbocycles. The lowest BCUT2D eigenvalue weighted by Crippen LogP contribution is -2.46. The van der Waals surface area contributed by atoms with Gasteiger partial charge in [-0.25, -0.2) is 14.4 Å². The van der Waals surface area contributed by atoms with E-state index in [9.17, 15) is 4.39 Å². The van der Waals surface area contributed by atoms with Crippen LogP contribution >= 0.6 is 0 Å². The number of hydrogen-bond donors (Lipinski definition) is 1. The van der Waals surface area contributed by atoms with E-state index in [4.69, 9.17) is 15.2 Å². The minimum Gasteiger partial charge on any atom is -0.354 e. The van der Waals surface area contributed by atoms with Crippen molar-refractivity contribution in [3.63, 3.8) is 0 Å². The van der Waals surface area contributed by atoms with Crippen molar-refractivity contribution in [2.45, 2.75) is 46.7 Å². The lowest BCUT2D eigenvalue weighted by Gasteiger charge is -2.35. The molecule has 1 N–H and O–H groups in total. The zero-order valence-electron chi connectivity index (χ0n) is 27.4. The number of aliphatic imine (C=N–C) groups is 1.